The lowest BCUT2D eigenvalue weighted by Gasteiger charge is -2.12. The molecule has 1 amide bonds. The summed E-state index contributed by atoms with van der Waals surface area (Å²) in [6.07, 6.45) is 0. The quantitative estimate of drug-likeness (QED) is 0.359. The molecule has 4 nitrogen and oxygen atoms in total. The van der Waals surface area contributed by atoms with Gasteiger partial charge in [-0.3, -0.25) is 4.79 Å². The van der Waals surface area contributed by atoms with E-state index in [2.05, 4.69) is 48.5 Å². The minimum Gasteiger partial charge on any atom is -0.272 e. The van der Waals surface area contributed by atoms with Crippen molar-refractivity contribution in [3.05, 3.63) is 48.5 Å². The fourth-order valence-electron chi connectivity index (χ4n) is 1.59. The number of nitrogens with two attached hydrogens (primary N) is 1. The molecule has 0 aliphatic carbocycles. The van der Waals surface area contributed by atoms with E-state index in [0.29, 0.717) is 0 Å². The van der Waals surface area contributed by atoms with E-state index in [0.717, 1.165) is 18.2 Å². The Bertz CT molecular complexity index is 472. The molecule has 1 aliphatic heterocycles. The van der Waals surface area contributed by atoms with Gasteiger partial charge in [0.05, 0.1) is 0 Å². The Morgan fingerprint density at radius 2 is 1.44 bits per heavy atom. The topological polar surface area (TPSA) is 49.3 Å². The molecule has 0 bridgehead atoms. The monoisotopic (exact) mass is 243 g/mol. The van der Waals surface area contributed by atoms with Crippen LogP contribution in [0, 0.1) is 0 Å². The third-order valence-corrected chi connectivity index (χ3v) is 2.71. The number of hydrogen-bond acceptors (Lipinski definition) is 3. The maximum absolute atomic E-state index is 10.4. The number of nitrogens with zero attached hydrogens (tertiary/aromatic N) is 2. The van der Waals surface area contributed by atoms with Gasteiger partial charge in [0.25, 0.3) is 0 Å². The maximum atomic E-state index is 10.4. The van der Waals surface area contributed by atoms with E-state index in [1.165, 1.54) is 17.7 Å². The highest BCUT2D eigenvalue weighted by molar-refractivity contribution is 5.82. The molecule has 3 rings (SSSR count). The molecular weight excluding hydrogens is 226 g/mol. The number of amides is 1. The van der Waals surface area contributed by atoms with Gasteiger partial charge in [-0.2, -0.15) is 0 Å². The van der Waals surface area contributed by atoms with Crippen molar-refractivity contribution in [1.82, 2.24) is 10.1 Å². The van der Waals surface area contributed by atoms with Gasteiger partial charge in [0.1, 0.15) is 0 Å². The van der Waals surface area contributed by atoms with Gasteiger partial charge in [0, 0.05) is 20.0 Å². The summed E-state index contributed by atoms with van der Waals surface area (Å²) >= 11 is 0. The molecule has 4 heteroatoms. The number of hydrazine groups is 2. The summed E-state index contributed by atoms with van der Waals surface area (Å²) in [5, 5.41) is 5.51. The van der Waals surface area contributed by atoms with Crippen LogP contribution in [0.5, 0.6) is 0 Å². The predicted molar refractivity (Wildman–Crippen MR) is 72.2 cm³/mol. The van der Waals surface area contributed by atoms with Crippen molar-refractivity contribution >= 4 is 16.7 Å². The average molecular weight is 243 g/mol. The van der Waals surface area contributed by atoms with Crippen molar-refractivity contribution < 1.29 is 4.79 Å². The van der Waals surface area contributed by atoms with Crippen LogP contribution in [0.25, 0.3) is 10.8 Å². The van der Waals surface area contributed by atoms with E-state index in [4.69, 9.17) is 5.84 Å². The average Bonchev–Trinajstić information content (AvgIpc) is 3.23. The van der Waals surface area contributed by atoms with Crippen molar-refractivity contribution in [3.8, 4) is 0 Å². The third kappa shape index (κ3) is 3.29. The molecule has 0 unspecified atom stereocenters. The molecular formula is C14H17N3O. The molecule has 0 saturated carbocycles. The lowest BCUT2D eigenvalue weighted by Crippen LogP contribution is -2.40. The Morgan fingerprint density at radius 1 is 1.06 bits per heavy atom. The van der Waals surface area contributed by atoms with E-state index < -0.39 is 0 Å². The summed E-state index contributed by atoms with van der Waals surface area (Å²) in [5.41, 5.74) is 0. The van der Waals surface area contributed by atoms with E-state index in [1.54, 1.807) is 5.01 Å². The largest absolute Gasteiger partial charge is 0.272 e. The summed E-state index contributed by atoms with van der Waals surface area (Å²) < 4.78 is 0. The summed E-state index contributed by atoms with van der Waals surface area (Å²) in [6, 6.07) is 16.7. The Morgan fingerprint density at radius 3 is 1.67 bits per heavy atom. The molecule has 0 radical (unpaired) electrons. The number of rotatable bonds is 1. The Kier molecular flexibility index (Phi) is 3.92. The summed E-state index contributed by atoms with van der Waals surface area (Å²) in [4.78, 5) is 10.4. The van der Waals surface area contributed by atoms with E-state index in [1.807, 2.05) is 0 Å². The van der Waals surface area contributed by atoms with Crippen molar-refractivity contribution in [2.45, 2.75) is 6.92 Å². The second kappa shape index (κ2) is 5.62. The highest BCUT2D eigenvalue weighted by Crippen LogP contribution is 2.11. The third-order valence-electron chi connectivity index (χ3n) is 2.71. The van der Waals surface area contributed by atoms with Gasteiger partial charge in [-0.05, 0) is 10.8 Å². The van der Waals surface area contributed by atoms with Crippen LogP contribution in [0.3, 0.4) is 0 Å². The molecule has 1 heterocycles. The number of carbonyl (C=O) groups is 1. The molecule has 1 saturated heterocycles. The van der Waals surface area contributed by atoms with Crippen molar-refractivity contribution in [2.75, 3.05) is 13.1 Å². The standard InChI is InChI=1S/C10H8.C4H9N3O/c1-2-6-10-8-4-3-7-9(10)5-1;1-4(8)7(5)6-2-3-6/h1-8H;2-3,5H2,1H3. The zero-order valence-electron chi connectivity index (χ0n) is 10.4. The number of benzene rings is 2. The fraction of sp³-hybridized carbons (Fsp3) is 0.214. The minimum atomic E-state index is -0.109. The van der Waals surface area contributed by atoms with Gasteiger partial charge in [0.15, 0.2) is 0 Å². The van der Waals surface area contributed by atoms with Crippen LogP contribution in [0.4, 0.5) is 0 Å². The van der Waals surface area contributed by atoms with Gasteiger partial charge in [-0.1, -0.05) is 48.5 Å². The second-order valence-corrected chi connectivity index (χ2v) is 4.16. The van der Waals surface area contributed by atoms with Crippen LogP contribution in [-0.4, -0.2) is 29.1 Å². The normalized spacial score (nSPS) is 13.7. The van der Waals surface area contributed by atoms with Crippen molar-refractivity contribution in [2.24, 2.45) is 5.84 Å². The molecule has 0 aromatic heterocycles. The fourth-order valence-corrected chi connectivity index (χ4v) is 1.59. The molecule has 1 fully saturated rings. The first-order chi connectivity index (χ1) is 8.68. The molecule has 94 valence electrons. The number of carbonyl (C=O) groups excluding carboxylic acids is 1. The van der Waals surface area contributed by atoms with Crippen LogP contribution in [-0.2, 0) is 4.79 Å². The van der Waals surface area contributed by atoms with Crippen LogP contribution >= 0.6 is 0 Å². The zero-order chi connectivity index (χ0) is 13.0. The first-order valence-corrected chi connectivity index (χ1v) is 5.92. The highest BCUT2D eigenvalue weighted by atomic mass is 16.2. The van der Waals surface area contributed by atoms with E-state index >= 15 is 0 Å². The number of fused-ring (bicyclic) bond motifs is 1. The molecule has 2 N–H and O–H groups in total. The SMILES string of the molecule is CC(=O)N(N)N1CC1.c1ccc2ccccc2c1. The Hall–Kier alpha value is -1.91. The molecule has 0 spiro atoms. The Labute approximate surface area is 107 Å². The van der Waals surface area contributed by atoms with Crippen LogP contribution in [0.1, 0.15) is 6.92 Å². The van der Waals surface area contributed by atoms with Crippen LogP contribution < -0.4 is 5.84 Å². The summed E-state index contributed by atoms with van der Waals surface area (Å²) in [5.74, 6) is 5.12. The van der Waals surface area contributed by atoms with Gasteiger partial charge in [-0.25, -0.2) is 16.0 Å². The van der Waals surface area contributed by atoms with Gasteiger partial charge < -0.3 is 0 Å². The zero-order valence-corrected chi connectivity index (χ0v) is 10.4. The van der Waals surface area contributed by atoms with Crippen molar-refractivity contribution in [3.63, 3.8) is 0 Å². The van der Waals surface area contributed by atoms with Gasteiger partial charge >= 0.3 is 0 Å². The van der Waals surface area contributed by atoms with Crippen LogP contribution in [0.2, 0.25) is 0 Å². The molecule has 0 atom stereocenters. The van der Waals surface area contributed by atoms with Crippen LogP contribution in [0.15, 0.2) is 48.5 Å². The second-order valence-electron chi connectivity index (χ2n) is 4.16. The first-order valence-electron chi connectivity index (χ1n) is 5.92. The van der Waals surface area contributed by atoms with Crippen molar-refractivity contribution in [1.29, 1.82) is 0 Å². The lowest BCUT2D eigenvalue weighted by atomic mass is 10.1. The molecule has 2 aromatic rings. The Balaban J connectivity index is 0.000000138. The summed E-state index contributed by atoms with van der Waals surface area (Å²) in [6.45, 7) is 3.27. The molecule has 1 aliphatic rings. The maximum Gasteiger partial charge on any atom is 0.248 e. The van der Waals surface area contributed by atoms with E-state index in [9.17, 15) is 4.79 Å². The summed E-state index contributed by atoms with van der Waals surface area (Å²) in [7, 11) is 0. The predicted octanol–water partition coefficient (Wildman–Crippen LogP) is 1.78. The van der Waals surface area contributed by atoms with E-state index in [-0.39, 0.29) is 5.91 Å². The van der Waals surface area contributed by atoms with Gasteiger partial charge in [0.2, 0.25) is 5.91 Å². The first kappa shape index (κ1) is 12.5. The minimum absolute atomic E-state index is 0.109. The van der Waals surface area contributed by atoms with Gasteiger partial charge in [-0.15, -0.1) is 0 Å². The highest BCUT2D eigenvalue weighted by Gasteiger charge is 2.24. The molecule has 18 heavy (non-hydrogen) atoms. The smallest absolute Gasteiger partial charge is 0.248 e. The molecule has 2 aromatic carbocycles. The number of hydrogen-bond donors (Lipinski definition) is 1. The lowest BCUT2D eigenvalue weighted by molar-refractivity contribution is -0.138.